The number of hydrogen-bond donors (Lipinski definition) is 2. The van der Waals surface area contributed by atoms with Gasteiger partial charge in [-0.25, -0.2) is 4.98 Å². The van der Waals surface area contributed by atoms with E-state index in [-0.39, 0.29) is 17.9 Å². The van der Waals surface area contributed by atoms with E-state index in [4.69, 9.17) is 4.74 Å². The molecule has 7 nitrogen and oxygen atoms in total. The summed E-state index contributed by atoms with van der Waals surface area (Å²) in [5.74, 6) is 1.66. The Bertz CT molecular complexity index is 1190. The summed E-state index contributed by atoms with van der Waals surface area (Å²) in [6, 6.07) is 13.2. The molecule has 2 amide bonds. The molecule has 7 heteroatoms. The van der Waals surface area contributed by atoms with E-state index >= 15 is 0 Å². The van der Waals surface area contributed by atoms with Gasteiger partial charge in [-0.1, -0.05) is 18.2 Å². The number of para-hydroxylation sites is 1. The van der Waals surface area contributed by atoms with Gasteiger partial charge in [0, 0.05) is 43.5 Å². The molecule has 3 aromatic rings. The van der Waals surface area contributed by atoms with Gasteiger partial charge in [0.05, 0.1) is 17.1 Å². The number of amides is 2. The number of carbonyl (C=O) groups excluding carboxylic acids is 2. The Balaban J connectivity index is 1.43. The number of fused-ring (bicyclic) bond motifs is 2. The lowest BCUT2D eigenvalue weighted by atomic mass is 9.82. The summed E-state index contributed by atoms with van der Waals surface area (Å²) in [6.07, 6.45) is 2.52. The zero-order valence-electron chi connectivity index (χ0n) is 18.5. The molecule has 2 aliphatic heterocycles. The highest BCUT2D eigenvalue weighted by atomic mass is 16.5. The Morgan fingerprint density at radius 2 is 2.12 bits per heavy atom. The molecule has 0 aliphatic carbocycles. The molecule has 1 aromatic heterocycles. The molecule has 2 N–H and O–H groups in total. The summed E-state index contributed by atoms with van der Waals surface area (Å²) >= 11 is 0. The standard InChI is InChI=1S/C25H28N4O3/c1-3-29-13-12-25(11-10-23(29)30)15-21(18-6-4-5-7-22(18)32-25)28-24(31)17-8-9-19-20(14-17)27-16(2)26-19/h4-9,14,21H,3,10-13,15H2,1-2H3,(H,26,27)(H,28,31). The highest BCUT2D eigenvalue weighted by molar-refractivity contribution is 5.97. The van der Waals surface area contributed by atoms with Crippen molar-refractivity contribution in [3.05, 3.63) is 59.4 Å². The summed E-state index contributed by atoms with van der Waals surface area (Å²) in [5.41, 5.74) is 2.80. The average Bonchev–Trinajstić information content (AvgIpc) is 3.10. The topological polar surface area (TPSA) is 87.3 Å². The first-order chi connectivity index (χ1) is 15.5. The molecule has 166 valence electrons. The zero-order chi connectivity index (χ0) is 22.3. The lowest BCUT2D eigenvalue weighted by molar-refractivity contribution is -0.130. The fourth-order valence-corrected chi connectivity index (χ4v) is 4.99. The molecule has 2 atom stereocenters. The van der Waals surface area contributed by atoms with Crippen molar-refractivity contribution in [2.24, 2.45) is 0 Å². The van der Waals surface area contributed by atoms with Crippen LogP contribution in [-0.2, 0) is 4.79 Å². The monoisotopic (exact) mass is 432 g/mol. The maximum atomic E-state index is 13.2. The minimum Gasteiger partial charge on any atom is -0.487 e. The van der Waals surface area contributed by atoms with Gasteiger partial charge < -0.3 is 19.9 Å². The first kappa shape index (κ1) is 20.5. The first-order valence-corrected chi connectivity index (χ1v) is 11.3. The molecule has 2 aliphatic rings. The van der Waals surface area contributed by atoms with Crippen LogP contribution in [0.1, 0.15) is 60.4 Å². The number of aryl methyl sites for hydroxylation is 1. The van der Waals surface area contributed by atoms with Crippen molar-refractivity contribution in [2.45, 2.75) is 51.2 Å². The highest BCUT2D eigenvalue weighted by Gasteiger charge is 2.43. The van der Waals surface area contributed by atoms with E-state index in [9.17, 15) is 9.59 Å². The zero-order valence-corrected chi connectivity index (χ0v) is 18.5. The van der Waals surface area contributed by atoms with Crippen LogP contribution in [-0.4, -0.2) is 45.4 Å². The molecule has 0 bridgehead atoms. The summed E-state index contributed by atoms with van der Waals surface area (Å²) in [6.45, 7) is 5.29. The summed E-state index contributed by atoms with van der Waals surface area (Å²) < 4.78 is 6.52. The number of imidazole rings is 1. The van der Waals surface area contributed by atoms with Crippen molar-refractivity contribution in [3.63, 3.8) is 0 Å². The maximum Gasteiger partial charge on any atom is 0.251 e. The van der Waals surface area contributed by atoms with Crippen LogP contribution in [0.25, 0.3) is 11.0 Å². The second-order valence-corrected chi connectivity index (χ2v) is 8.83. The van der Waals surface area contributed by atoms with Gasteiger partial charge in [-0.2, -0.15) is 0 Å². The largest absolute Gasteiger partial charge is 0.487 e. The van der Waals surface area contributed by atoms with Crippen LogP contribution in [0, 0.1) is 6.92 Å². The minimum atomic E-state index is -0.462. The van der Waals surface area contributed by atoms with E-state index in [1.807, 2.05) is 61.2 Å². The highest BCUT2D eigenvalue weighted by Crippen LogP contribution is 2.44. The van der Waals surface area contributed by atoms with E-state index in [0.29, 0.717) is 37.9 Å². The number of aromatic nitrogens is 2. The number of ether oxygens (including phenoxy) is 1. The molecule has 0 saturated carbocycles. The summed E-state index contributed by atoms with van der Waals surface area (Å²) in [4.78, 5) is 35.2. The third kappa shape index (κ3) is 3.72. The number of nitrogens with zero attached hydrogens (tertiary/aromatic N) is 2. The molecule has 0 radical (unpaired) electrons. The van der Waals surface area contributed by atoms with Crippen molar-refractivity contribution >= 4 is 22.8 Å². The Morgan fingerprint density at radius 3 is 2.97 bits per heavy atom. The molecular weight excluding hydrogens is 404 g/mol. The van der Waals surface area contributed by atoms with Crippen LogP contribution in [0.2, 0.25) is 0 Å². The molecule has 1 saturated heterocycles. The number of benzene rings is 2. The number of likely N-dealkylation sites (tertiary alicyclic amines) is 1. The lowest BCUT2D eigenvalue weighted by Crippen LogP contribution is -2.46. The van der Waals surface area contributed by atoms with Gasteiger partial charge in [-0.15, -0.1) is 0 Å². The minimum absolute atomic E-state index is 0.129. The van der Waals surface area contributed by atoms with Crippen molar-refractivity contribution in [1.29, 1.82) is 0 Å². The average molecular weight is 433 g/mol. The van der Waals surface area contributed by atoms with Gasteiger partial charge in [0.15, 0.2) is 0 Å². The second-order valence-electron chi connectivity index (χ2n) is 8.83. The first-order valence-electron chi connectivity index (χ1n) is 11.3. The maximum absolute atomic E-state index is 13.2. The van der Waals surface area contributed by atoms with Crippen LogP contribution >= 0.6 is 0 Å². The molecule has 1 spiro atoms. The van der Waals surface area contributed by atoms with Crippen molar-refractivity contribution < 1.29 is 14.3 Å². The lowest BCUT2D eigenvalue weighted by Gasteiger charge is -2.42. The third-order valence-electron chi connectivity index (χ3n) is 6.73. The van der Waals surface area contributed by atoms with Gasteiger partial charge >= 0.3 is 0 Å². The van der Waals surface area contributed by atoms with Gasteiger partial charge in [0.1, 0.15) is 17.2 Å². The van der Waals surface area contributed by atoms with E-state index in [1.165, 1.54) is 0 Å². The molecular formula is C25H28N4O3. The normalized spacial score (nSPS) is 23.0. The molecule has 32 heavy (non-hydrogen) atoms. The molecule has 2 unspecified atom stereocenters. The molecule has 3 heterocycles. The van der Waals surface area contributed by atoms with Gasteiger partial charge in [0.2, 0.25) is 5.91 Å². The van der Waals surface area contributed by atoms with Gasteiger partial charge in [-0.05, 0) is 44.5 Å². The second kappa shape index (κ2) is 7.97. The van der Waals surface area contributed by atoms with Crippen LogP contribution in [0.5, 0.6) is 5.75 Å². The number of H-pyrrole nitrogens is 1. The fraction of sp³-hybridized carbons (Fsp3) is 0.400. The van der Waals surface area contributed by atoms with Crippen LogP contribution in [0.3, 0.4) is 0 Å². The number of nitrogens with one attached hydrogen (secondary N) is 2. The van der Waals surface area contributed by atoms with Gasteiger partial charge in [0.25, 0.3) is 5.91 Å². The number of hydrogen-bond acceptors (Lipinski definition) is 4. The smallest absolute Gasteiger partial charge is 0.251 e. The Hall–Kier alpha value is -3.35. The summed E-state index contributed by atoms with van der Waals surface area (Å²) in [7, 11) is 0. The van der Waals surface area contributed by atoms with E-state index < -0.39 is 5.60 Å². The number of rotatable bonds is 3. The molecule has 1 fully saturated rings. The fourth-order valence-electron chi connectivity index (χ4n) is 4.99. The van der Waals surface area contributed by atoms with E-state index in [1.54, 1.807) is 0 Å². The number of carbonyl (C=O) groups is 2. The predicted octanol–water partition coefficient (Wildman–Crippen LogP) is 3.90. The molecule has 2 aromatic carbocycles. The Morgan fingerprint density at radius 1 is 1.28 bits per heavy atom. The van der Waals surface area contributed by atoms with Gasteiger partial charge in [-0.3, -0.25) is 9.59 Å². The number of aromatic amines is 1. The Kier molecular flexibility index (Phi) is 5.12. The van der Waals surface area contributed by atoms with Crippen molar-refractivity contribution in [2.75, 3.05) is 13.1 Å². The summed E-state index contributed by atoms with van der Waals surface area (Å²) in [5, 5.41) is 3.24. The van der Waals surface area contributed by atoms with Crippen molar-refractivity contribution in [3.8, 4) is 5.75 Å². The van der Waals surface area contributed by atoms with E-state index in [0.717, 1.165) is 34.6 Å². The van der Waals surface area contributed by atoms with Crippen LogP contribution < -0.4 is 10.1 Å². The predicted molar refractivity (Wildman–Crippen MR) is 122 cm³/mol. The SMILES string of the molecule is CCN1CCC2(CCC1=O)CC(NC(=O)c1ccc3nc(C)[nH]c3c1)c1ccccc1O2. The molecule has 5 rings (SSSR count). The quantitative estimate of drug-likeness (QED) is 0.657. The van der Waals surface area contributed by atoms with E-state index in [2.05, 4.69) is 15.3 Å². The van der Waals surface area contributed by atoms with Crippen molar-refractivity contribution in [1.82, 2.24) is 20.2 Å². The van der Waals surface area contributed by atoms with Crippen LogP contribution in [0.4, 0.5) is 0 Å². The Labute approximate surface area is 187 Å². The third-order valence-corrected chi connectivity index (χ3v) is 6.73. The van der Waals surface area contributed by atoms with Crippen LogP contribution in [0.15, 0.2) is 42.5 Å².